The van der Waals surface area contributed by atoms with Crippen molar-refractivity contribution in [3.8, 4) is 0 Å². The van der Waals surface area contributed by atoms with Gasteiger partial charge in [-0.25, -0.2) is 0 Å². The van der Waals surface area contributed by atoms with E-state index in [0.29, 0.717) is 5.92 Å². The lowest BCUT2D eigenvalue weighted by Gasteiger charge is -1.99. The molecule has 0 spiro atoms. The predicted molar refractivity (Wildman–Crippen MR) is 46.0 cm³/mol. The van der Waals surface area contributed by atoms with Crippen molar-refractivity contribution >= 4 is 0 Å². The second-order valence-corrected chi connectivity index (χ2v) is 2.43. The van der Waals surface area contributed by atoms with E-state index in [1.54, 1.807) is 0 Å². The van der Waals surface area contributed by atoms with Crippen LogP contribution in [0.2, 0.25) is 0 Å². The van der Waals surface area contributed by atoms with E-state index in [2.05, 4.69) is 28.1 Å². The zero-order valence-electron chi connectivity index (χ0n) is 7.39. The first-order chi connectivity index (χ1) is 5.22. The van der Waals surface area contributed by atoms with E-state index in [9.17, 15) is 0 Å². The Morgan fingerprint density at radius 3 is 2.64 bits per heavy atom. The molecule has 0 amide bonds. The molecule has 0 bridgehead atoms. The van der Waals surface area contributed by atoms with Crippen molar-refractivity contribution in [1.29, 1.82) is 0 Å². The van der Waals surface area contributed by atoms with Crippen molar-refractivity contribution in [1.82, 2.24) is 5.43 Å². The molecule has 3 heteroatoms. The van der Waals surface area contributed by atoms with Crippen LogP contribution in [0, 0.1) is 5.92 Å². The maximum atomic E-state index is 3.89. The third kappa shape index (κ3) is 4.34. The SMILES string of the molecule is C=C=C(/N=N\NCC)C(C)C. The molecule has 0 aliphatic carbocycles. The minimum Gasteiger partial charge on any atom is -0.292 e. The van der Waals surface area contributed by atoms with E-state index < -0.39 is 0 Å². The maximum Gasteiger partial charge on any atom is 0.108 e. The summed E-state index contributed by atoms with van der Waals surface area (Å²) in [4.78, 5) is 0. The number of rotatable bonds is 4. The number of nitrogens with one attached hydrogen (secondary N) is 1. The highest BCUT2D eigenvalue weighted by atomic mass is 15.4. The van der Waals surface area contributed by atoms with E-state index in [-0.39, 0.29) is 0 Å². The monoisotopic (exact) mass is 153 g/mol. The number of hydrogen-bond acceptors (Lipinski definition) is 2. The standard InChI is InChI=1S/C8H15N3/c1-5-8(7(3)4)10-11-9-6-2/h7H,1,6H2,2-4H3,(H,9,10). The lowest BCUT2D eigenvalue weighted by Crippen LogP contribution is -2.01. The topological polar surface area (TPSA) is 36.8 Å². The Morgan fingerprint density at radius 2 is 2.27 bits per heavy atom. The Bertz CT molecular complexity index is 176. The van der Waals surface area contributed by atoms with Gasteiger partial charge in [0.05, 0.1) is 0 Å². The fourth-order valence-corrected chi connectivity index (χ4v) is 0.515. The first kappa shape index (κ1) is 9.92. The van der Waals surface area contributed by atoms with Gasteiger partial charge in [-0.05, 0) is 6.92 Å². The van der Waals surface area contributed by atoms with Crippen LogP contribution in [0.5, 0.6) is 0 Å². The zero-order valence-corrected chi connectivity index (χ0v) is 7.39. The van der Waals surface area contributed by atoms with Crippen molar-refractivity contribution in [2.75, 3.05) is 6.54 Å². The van der Waals surface area contributed by atoms with Gasteiger partial charge in [0.1, 0.15) is 5.70 Å². The van der Waals surface area contributed by atoms with Crippen LogP contribution in [-0.4, -0.2) is 6.54 Å². The lowest BCUT2D eigenvalue weighted by molar-refractivity contribution is 0.676. The maximum absolute atomic E-state index is 3.89. The second-order valence-electron chi connectivity index (χ2n) is 2.43. The summed E-state index contributed by atoms with van der Waals surface area (Å²) in [6, 6.07) is 0. The summed E-state index contributed by atoms with van der Waals surface area (Å²) in [6.07, 6.45) is 0. The van der Waals surface area contributed by atoms with E-state index in [1.165, 1.54) is 0 Å². The van der Waals surface area contributed by atoms with Crippen LogP contribution in [-0.2, 0) is 0 Å². The van der Waals surface area contributed by atoms with Crippen LogP contribution in [0.4, 0.5) is 0 Å². The minimum atomic E-state index is 0.329. The molecule has 0 atom stereocenters. The summed E-state index contributed by atoms with van der Waals surface area (Å²) in [7, 11) is 0. The first-order valence-electron chi connectivity index (χ1n) is 3.75. The highest BCUT2D eigenvalue weighted by molar-refractivity contribution is 4.98. The molecule has 1 N–H and O–H groups in total. The fourth-order valence-electron chi connectivity index (χ4n) is 0.515. The average molecular weight is 153 g/mol. The molecule has 0 heterocycles. The van der Waals surface area contributed by atoms with Gasteiger partial charge >= 0.3 is 0 Å². The van der Waals surface area contributed by atoms with Gasteiger partial charge in [-0.1, -0.05) is 25.6 Å². The van der Waals surface area contributed by atoms with E-state index >= 15 is 0 Å². The Morgan fingerprint density at radius 1 is 1.64 bits per heavy atom. The van der Waals surface area contributed by atoms with Crippen LogP contribution in [0.15, 0.2) is 28.3 Å². The molecule has 0 saturated heterocycles. The first-order valence-corrected chi connectivity index (χ1v) is 3.75. The molecule has 0 unspecified atom stereocenters. The lowest BCUT2D eigenvalue weighted by atomic mass is 10.2. The van der Waals surface area contributed by atoms with Crippen LogP contribution < -0.4 is 5.43 Å². The number of nitrogens with zero attached hydrogens (tertiary/aromatic N) is 2. The molecule has 0 aromatic rings. The normalized spacial score (nSPS) is 10.2. The summed E-state index contributed by atoms with van der Waals surface area (Å²) in [5.41, 5.74) is 6.25. The summed E-state index contributed by atoms with van der Waals surface area (Å²) in [5, 5.41) is 7.61. The second kappa shape index (κ2) is 5.69. The molecule has 0 radical (unpaired) electrons. The van der Waals surface area contributed by atoms with Crippen molar-refractivity contribution in [3.05, 3.63) is 18.0 Å². The summed E-state index contributed by atoms with van der Waals surface area (Å²) >= 11 is 0. The summed E-state index contributed by atoms with van der Waals surface area (Å²) in [6.45, 7) is 10.3. The van der Waals surface area contributed by atoms with Crippen LogP contribution >= 0.6 is 0 Å². The zero-order chi connectivity index (χ0) is 8.69. The van der Waals surface area contributed by atoms with Gasteiger partial charge in [-0.3, -0.25) is 5.43 Å². The van der Waals surface area contributed by atoms with Gasteiger partial charge in [0.25, 0.3) is 0 Å². The largest absolute Gasteiger partial charge is 0.292 e. The molecule has 3 nitrogen and oxygen atoms in total. The molecule has 62 valence electrons. The Kier molecular flexibility index (Phi) is 5.13. The molecule has 11 heavy (non-hydrogen) atoms. The molecule has 0 fully saturated rings. The molecule has 0 aliphatic heterocycles. The number of allylic oxidation sites excluding steroid dienone is 1. The van der Waals surface area contributed by atoms with Crippen LogP contribution in [0.25, 0.3) is 0 Å². The van der Waals surface area contributed by atoms with Gasteiger partial charge in [0.2, 0.25) is 0 Å². The van der Waals surface area contributed by atoms with Gasteiger partial charge in [0.15, 0.2) is 0 Å². The van der Waals surface area contributed by atoms with Crippen LogP contribution in [0.3, 0.4) is 0 Å². The van der Waals surface area contributed by atoms with Crippen molar-refractivity contribution < 1.29 is 0 Å². The van der Waals surface area contributed by atoms with Crippen molar-refractivity contribution in [3.63, 3.8) is 0 Å². The third-order valence-electron chi connectivity index (χ3n) is 1.11. The molecule has 0 saturated carbocycles. The third-order valence-corrected chi connectivity index (χ3v) is 1.11. The molecular weight excluding hydrogens is 138 g/mol. The van der Waals surface area contributed by atoms with Gasteiger partial charge in [-0.2, -0.15) is 0 Å². The predicted octanol–water partition coefficient (Wildman–Crippen LogP) is 2.29. The average Bonchev–Trinajstić information content (AvgIpc) is 1.97. The summed E-state index contributed by atoms with van der Waals surface area (Å²) in [5.74, 6) is 0.329. The Labute approximate surface area is 67.9 Å². The van der Waals surface area contributed by atoms with Crippen LogP contribution in [0.1, 0.15) is 20.8 Å². The summed E-state index contributed by atoms with van der Waals surface area (Å²) < 4.78 is 0. The van der Waals surface area contributed by atoms with E-state index in [0.717, 1.165) is 12.2 Å². The molecule has 0 rings (SSSR count). The Hall–Kier alpha value is -1.08. The quantitative estimate of drug-likeness (QED) is 0.375. The van der Waals surface area contributed by atoms with E-state index in [1.807, 2.05) is 20.8 Å². The minimum absolute atomic E-state index is 0.329. The van der Waals surface area contributed by atoms with Crippen molar-refractivity contribution in [2.45, 2.75) is 20.8 Å². The fraction of sp³-hybridized carbons (Fsp3) is 0.625. The number of hydrogen-bond donors (Lipinski definition) is 1. The van der Waals surface area contributed by atoms with Crippen molar-refractivity contribution in [2.24, 2.45) is 16.3 Å². The Balaban J connectivity index is 4.00. The smallest absolute Gasteiger partial charge is 0.108 e. The molecule has 0 aliphatic rings. The van der Waals surface area contributed by atoms with E-state index in [4.69, 9.17) is 0 Å². The van der Waals surface area contributed by atoms with Gasteiger partial charge < -0.3 is 0 Å². The highest BCUT2D eigenvalue weighted by Crippen LogP contribution is 2.08. The van der Waals surface area contributed by atoms with Gasteiger partial charge in [0, 0.05) is 12.5 Å². The van der Waals surface area contributed by atoms with Gasteiger partial charge in [-0.15, -0.1) is 10.8 Å². The molecular formula is C8H15N3. The molecule has 0 aromatic carbocycles. The highest BCUT2D eigenvalue weighted by Gasteiger charge is 1.98. The molecule has 0 aromatic heterocycles.